The van der Waals surface area contributed by atoms with Gasteiger partial charge in [0.2, 0.25) is 0 Å². The molecule has 0 saturated heterocycles. The second-order valence-electron chi connectivity index (χ2n) is 3.15. The monoisotopic (exact) mass is 223 g/mol. The number of ether oxygens (including phenoxy) is 1. The van der Waals surface area contributed by atoms with Crippen molar-refractivity contribution in [3.05, 3.63) is 33.1 Å². The van der Waals surface area contributed by atoms with Crippen molar-refractivity contribution in [3.8, 4) is 0 Å². The summed E-state index contributed by atoms with van der Waals surface area (Å²) in [5, 5.41) is 2.54. The number of hydrogen-bond donors (Lipinski definition) is 1. The SMILES string of the molecule is COC(=O)c1c[nH]c(=O)c2scc(C)c12. The highest BCUT2D eigenvalue weighted by molar-refractivity contribution is 7.17. The van der Waals surface area contributed by atoms with Gasteiger partial charge in [-0.05, 0) is 17.9 Å². The zero-order chi connectivity index (χ0) is 11.0. The third kappa shape index (κ3) is 1.45. The van der Waals surface area contributed by atoms with Crippen LogP contribution in [0.3, 0.4) is 0 Å². The van der Waals surface area contributed by atoms with Crippen molar-refractivity contribution in [2.24, 2.45) is 0 Å². The number of carbonyl (C=O) groups excluding carboxylic acids is 1. The quantitative estimate of drug-likeness (QED) is 0.748. The van der Waals surface area contributed by atoms with E-state index in [2.05, 4.69) is 9.72 Å². The number of H-pyrrole nitrogens is 1. The maximum Gasteiger partial charge on any atom is 0.340 e. The zero-order valence-electron chi connectivity index (χ0n) is 8.29. The van der Waals surface area contributed by atoms with E-state index >= 15 is 0 Å². The molecule has 0 spiro atoms. The van der Waals surface area contributed by atoms with Crippen LogP contribution in [-0.2, 0) is 4.74 Å². The van der Waals surface area contributed by atoms with Crippen LogP contribution in [0.2, 0.25) is 0 Å². The van der Waals surface area contributed by atoms with E-state index in [0.717, 1.165) is 5.56 Å². The number of thiophene rings is 1. The summed E-state index contributed by atoms with van der Waals surface area (Å²) in [7, 11) is 1.32. The number of nitrogens with one attached hydrogen (secondary N) is 1. The second-order valence-corrected chi connectivity index (χ2v) is 4.03. The Morgan fingerprint density at radius 3 is 2.93 bits per heavy atom. The summed E-state index contributed by atoms with van der Waals surface area (Å²) in [5.41, 5.74) is 1.16. The van der Waals surface area contributed by atoms with Crippen molar-refractivity contribution in [1.29, 1.82) is 0 Å². The summed E-state index contributed by atoms with van der Waals surface area (Å²) in [6.07, 6.45) is 1.40. The van der Waals surface area contributed by atoms with E-state index < -0.39 is 5.97 Å². The maximum atomic E-state index is 11.5. The molecular weight excluding hydrogens is 214 g/mol. The Balaban J connectivity index is 2.87. The Morgan fingerprint density at radius 1 is 1.53 bits per heavy atom. The molecule has 0 saturated carbocycles. The van der Waals surface area contributed by atoms with Gasteiger partial charge in [0.15, 0.2) is 0 Å². The average Bonchev–Trinajstić information content (AvgIpc) is 2.62. The molecule has 2 rings (SSSR count). The lowest BCUT2D eigenvalue weighted by molar-refractivity contribution is 0.0602. The van der Waals surface area contributed by atoms with E-state index in [1.807, 2.05) is 12.3 Å². The van der Waals surface area contributed by atoms with Gasteiger partial charge in [0, 0.05) is 11.6 Å². The van der Waals surface area contributed by atoms with E-state index in [1.54, 1.807) is 0 Å². The number of fused-ring (bicyclic) bond motifs is 1. The van der Waals surface area contributed by atoms with Crippen LogP contribution in [0.5, 0.6) is 0 Å². The molecule has 0 aliphatic carbocycles. The molecule has 78 valence electrons. The Labute approximate surface area is 89.5 Å². The van der Waals surface area contributed by atoms with Crippen LogP contribution < -0.4 is 5.56 Å². The summed E-state index contributed by atoms with van der Waals surface area (Å²) in [4.78, 5) is 25.4. The Morgan fingerprint density at radius 2 is 2.27 bits per heavy atom. The molecule has 0 aliphatic rings. The lowest BCUT2D eigenvalue weighted by Crippen LogP contribution is -2.10. The molecule has 2 heterocycles. The van der Waals surface area contributed by atoms with Gasteiger partial charge < -0.3 is 9.72 Å². The molecule has 5 heteroatoms. The fraction of sp³-hybridized carbons (Fsp3) is 0.200. The first kappa shape index (κ1) is 9.92. The van der Waals surface area contributed by atoms with Crippen LogP contribution >= 0.6 is 11.3 Å². The fourth-order valence-electron chi connectivity index (χ4n) is 1.49. The molecule has 1 N–H and O–H groups in total. The molecule has 0 aliphatic heterocycles. The summed E-state index contributed by atoms with van der Waals surface area (Å²) in [6, 6.07) is 0. The van der Waals surface area contributed by atoms with Gasteiger partial charge in [-0.3, -0.25) is 4.79 Å². The van der Waals surface area contributed by atoms with Crippen molar-refractivity contribution < 1.29 is 9.53 Å². The fourth-order valence-corrected chi connectivity index (χ4v) is 2.46. The molecule has 0 unspecified atom stereocenters. The standard InChI is InChI=1S/C10H9NO3S/c1-5-4-15-8-7(5)6(10(13)14-2)3-11-9(8)12/h3-4H,1-2H3,(H,11,12). The van der Waals surface area contributed by atoms with Crippen LogP contribution in [0, 0.1) is 6.92 Å². The van der Waals surface area contributed by atoms with Gasteiger partial charge in [-0.25, -0.2) is 4.79 Å². The van der Waals surface area contributed by atoms with E-state index in [9.17, 15) is 9.59 Å². The van der Waals surface area contributed by atoms with E-state index in [-0.39, 0.29) is 5.56 Å². The minimum Gasteiger partial charge on any atom is -0.465 e. The number of methoxy groups -OCH3 is 1. The Bertz CT molecular complexity index is 582. The summed E-state index contributed by atoms with van der Waals surface area (Å²) in [5.74, 6) is -0.433. The smallest absolute Gasteiger partial charge is 0.340 e. The molecule has 0 amide bonds. The van der Waals surface area contributed by atoms with E-state index in [0.29, 0.717) is 15.6 Å². The van der Waals surface area contributed by atoms with Gasteiger partial charge in [0.1, 0.15) is 4.70 Å². The van der Waals surface area contributed by atoms with Crippen molar-refractivity contribution in [1.82, 2.24) is 4.98 Å². The summed E-state index contributed by atoms with van der Waals surface area (Å²) in [6.45, 7) is 1.87. The second kappa shape index (κ2) is 3.51. The largest absolute Gasteiger partial charge is 0.465 e. The lowest BCUT2D eigenvalue weighted by atomic mass is 10.1. The zero-order valence-corrected chi connectivity index (χ0v) is 9.10. The molecular formula is C10H9NO3S. The number of rotatable bonds is 1. The third-order valence-corrected chi connectivity index (χ3v) is 3.30. The predicted molar refractivity (Wildman–Crippen MR) is 58.5 cm³/mol. The Hall–Kier alpha value is -1.62. The van der Waals surface area contributed by atoms with Crippen molar-refractivity contribution >= 4 is 27.4 Å². The number of carbonyl (C=O) groups is 1. The topological polar surface area (TPSA) is 59.2 Å². The highest BCUT2D eigenvalue weighted by Gasteiger charge is 2.15. The molecule has 0 atom stereocenters. The predicted octanol–water partition coefficient (Wildman–Crippen LogP) is 1.68. The van der Waals surface area contributed by atoms with Crippen LogP contribution in [0.15, 0.2) is 16.4 Å². The van der Waals surface area contributed by atoms with E-state index in [1.165, 1.54) is 24.6 Å². The molecule has 0 radical (unpaired) electrons. The summed E-state index contributed by atoms with van der Waals surface area (Å²) < 4.78 is 5.22. The summed E-state index contributed by atoms with van der Waals surface area (Å²) >= 11 is 1.33. The highest BCUT2D eigenvalue weighted by Crippen LogP contribution is 2.25. The molecule has 15 heavy (non-hydrogen) atoms. The first-order valence-electron chi connectivity index (χ1n) is 4.33. The van der Waals surface area contributed by atoms with Gasteiger partial charge >= 0.3 is 5.97 Å². The van der Waals surface area contributed by atoms with Gasteiger partial charge in [-0.1, -0.05) is 0 Å². The van der Waals surface area contributed by atoms with Gasteiger partial charge in [-0.2, -0.15) is 0 Å². The highest BCUT2D eigenvalue weighted by atomic mass is 32.1. The number of aromatic nitrogens is 1. The third-order valence-electron chi connectivity index (χ3n) is 2.20. The number of pyridine rings is 1. The molecule has 2 aromatic rings. The number of aryl methyl sites for hydroxylation is 1. The molecule has 4 nitrogen and oxygen atoms in total. The van der Waals surface area contributed by atoms with Gasteiger partial charge in [-0.15, -0.1) is 11.3 Å². The minimum atomic E-state index is -0.433. The van der Waals surface area contributed by atoms with Crippen LogP contribution in [0.25, 0.3) is 10.1 Å². The first-order valence-corrected chi connectivity index (χ1v) is 5.21. The number of esters is 1. The van der Waals surface area contributed by atoms with Gasteiger partial charge in [0.25, 0.3) is 5.56 Å². The van der Waals surface area contributed by atoms with Gasteiger partial charge in [0.05, 0.1) is 12.7 Å². The maximum absolute atomic E-state index is 11.5. The molecule has 0 fully saturated rings. The van der Waals surface area contributed by atoms with Crippen molar-refractivity contribution in [2.75, 3.05) is 7.11 Å². The molecule has 2 aromatic heterocycles. The molecule has 0 aromatic carbocycles. The van der Waals surface area contributed by atoms with E-state index in [4.69, 9.17) is 0 Å². The van der Waals surface area contributed by atoms with Crippen molar-refractivity contribution in [2.45, 2.75) is 6.92 Å². The molecule has 0 bridgehead atoms. The Kier molecular flexibility index (Phi) is 2.32. The van der Waals surface area contributed by atoms with Crippen molar-refractivity contribution in [3.63, 3.8) is 0 Å². The van der Waals surface area contributed by atoms with Crippen LogP contribution in [0.1, 0.15) is 15.9 Å². The van der Waals surface area contributed by atoms with Crippen LogP contribution in [-0.4, -0.2) is 18.1 Å². The minimum absolute atomic E-state index is 0.171. The normalized spacial score (nSPS) is 10.5. The number of aromatic amines is 1. The lowest BCUT2D eigenvalue weighted by Gasteiger charge is -2.01. The first-order chi connectivity index (χ1) is 7.15. The average molecular weight is 223 g/mol. The number of hydrogen-bond acceptors (Lipinski definition) is 4. The van der Waals surface area contributed by atoms with Crippen LogP contribution in [0.4, 0.5) is 0 Å².